The van der Waals surface area contributed by atoms with Crippen LogP contribution >= 0.6 is 11.6 Å². The van der Waals surface area contributed by atoms with Crippen LogP contribution in [0.2, 0.25) is 11.1 Å². The summed E-state index contributed by atoms with van der Waals surface area (Å²) in [6, 6.07) is 10.7. The maximum absolute atomic E-state index is 6.29. The summed E-state index contributed by atoms with van der Waals surface area (Å²) < 4.78 is 6.29. The molecule has 1 aromatic carbocycles. The average Bonchev–Trinajstić information content (AvgIpc) is 2.30. The molecule has 0 heterocycles. The smallest absolute Gasteiger partial charge is 0.229 e. The fourth-order valence-corrected chi connectivity index (χ4v) is 7.52. The second-order valence-electron chi connectivity index (χ2n) is 5.01. The molecule has 0 aliphatic carbocycles. The van der Waals surface area contributed by atoms with Crippen LogP contribution in [0, 0.1) is 0 Å². The van der Waals surface area contributed by atoms with Gasteiger partial charge in [-0.1, -0.05) is 58.0 Å². The first-order chi connectivity index (χ1) is 8.05. The zero-order chi connectivity index (χ0) is 12.9. The molecule has 0 unspecified atom stereocenters. The Balaban J connectivity index is 3.15. The van der Waals surface area contributed by atoms with Crippen LogP contribution in [0.3, 0.4) is 0 Å². The van der Waals surface area contributed by atoms with E-state index in [-0.39, 0.29) is 0 Å². The summed E-state index contributed by atoms with van der Waals surface area (Å²) in [5, 5.41) is 1.38. The van der Waals surface area contributed by atoms with Crippen LogP contribution in [0.5, 0.6) is 0 Å². The molecular weight excluding hydrogens is 248 g/mol. The van der Waals surface area contributed by atoms with E-state index in [4.69, 9.17) is 16.0 Å². The monoisotopic (exact) mass is 270 g/mol. The van der Waals surface area contributed by atoms with E-state index in [1.54, 1.807) is 0 Å². The van der Waals surface area contributed by atoms with Crippen molar-refractivity contribution in [1.82, 2.24) is 0 Å². The summed E-state index contributed by atoms with van der Waals surface area (Å²) in [6.45, 7) is 9.74. The lowest BCUT2D eigenvalue weighted by atomic mass is 10.4. The molecule has 0 saturated heterocycles. The lowest BCUT2D eigenvalue weighted by molar-refractivity contribution is 0.318. The molecule has 0 fully saturated rings. The van der Waals surface area contributed by atoms with Crippen LogP contribution in [0.4, 0.5) is 0 Å². The van der Waals surface area contributed by atoms with Gasteiger partial charge >= 0.3 is 0 Å². The zero-order valence-electron chi connectivity index (χ0n) is 11.2. The normalized spacial score (nSPS) is 12.4. The van der Waals surface area contributed by atoms with E-state index in [9.17, 15) is 0 Å². The van der Waals surface area contributed by atoms with E-state index >= 15 is 0 Å². The van der Waals surface area contributed by atoms with Crippen molar-refractivity contribution in [3.05, 3.63) is 30.3 Å². The molecule has 1 nitrogen and oxygen atoms in total. The molecule has 1 rings (SSSR count). The summed E-state index contributed by atoms with van der Waals surface area (Å²) in [5.41, 5.74) is 1.10. The highest BCUT2D eigenvalue weighted by Gasteiger charge is 2.43. The van der Waals surface area contributed by atoms with Gasteiger partial charge in [-0.2, -0.15) is 0 Å². The average molecular weight is 271 g/mol. The molecule has 0 spiro atoms. The van der Waals surface area contributed by atoms with Crippen LogP contribution in [0.15, 0.2) is 30.3 Å². The number of alkyl halides is 1. The van der Waals surface area contributed by atoms with E-state index in [2.05, 4.69) is 58.0 Å². The molecule has 17 heavy (non-hydrogen) atoms. The summed E-state index contributed by atoms with van der Waals surface area (Å²) in [6.07, 6.45) is 0. The largest absolute Gasteiger partial charge is 0.411 e. The van der Waals surface area contributed by atoms with Crippen molar-refractivity contribution in [3.63, 3.8) is 0 Å². The minimum absolute atomic E-state index is 0.549. The first-order valence-electron chi connectivity index (χ1n) is 6.31. The van der Waals surface area contributed by atoms with Crippen LogP contribution in [-0.2, 0) is 4.43 Å². The van der Waals surface area contributed by atoms with Crippen molar-refractivity contribution in [2.75, 3.05) is 12.5 Å². The Bertz CT molecular complexity index is 316. The molecule has 0 aromatic heterocycles. The first kappa shape index (κ1) is 14.7. The van der Waals surface area contributed by atoms with Gasteiger partial charge in [-0.3, -0.25) is 0 Å². The second kappa shape index (κ2) is 6.57. The predicted octanol–water partition coefficient (Wildman–Crippen LogP) is 3.91. The molecule has 96 valence electrons. The Morgan fingerprint density at radius 1 is 1.06 bits per heavy atom. The number of benzene rings is 1. The van der Waals surface area contributed by atoms with E-state index in [0.29, 0.717) is 23.6 Å². The Labute approximate surface area is 111 Å². The van der Waals surface area contributed by atoms with Gasteiger partial charge in [0.05, 0.1) is 0 Å². The van der Waals surface area contributed by atoms with Crippen molar-refractivity contribution in [1.29, 1.82) is 0 Å². The van der Waals surface area contributed by atoms with Gasteiger partial charge in [0.25, 0.3) is 0 Å². The van der Waals surface area contributed by atoms with Crippen molar-refractivity contribution in [2.45, 2.75) is 38.8 Å². The van der Waals surface area contributed by atoms with E-state index in [0.717, 1.165) is 0 Å². The molecule has 0 bridgehead atoms. The van der Waals surface area contributed by atoms with Gasteiger partial charge in [0.15, 0.2) is 0 Å². The fourth-order valence-electron chi connectivity index (χ4n) is 2.66. The van der Waals surface area contributed by atoms with Gasteiger partial charge < -0.3 is 4.43 Å². The highest BCUT2D eigenvalue weighted by atomic mass is 35.5. The van der Waals surface area contributed by atoms with Gasteiger partial charge in [0.1, 0.15) is 0 Å². The standard InChI is InChI=1S/C14H23ClOSi/c1-12(2)17(13(3)4,16-11-10-15)14-8-6-5-7-9-14/h5-9,12-13H,10-11H2,1-4H3. The SMILES string of the molecule is CC(C)[Si](OCCCl)(c1ccccc1)C(C)C. The maximum atomic E-state index is 6.29. The van der Waals surface area contributed by atoms with Gasteiger partial charge in [-0.05, 0) is 16.3 Å². The molecule has 0 N–H and O–H groups in total. The van der Waals surface area contributed by atoms with Crippen molar-refractivity contribution < 1.29 is 4.43 Å². The third kappa shape index (κ3) is 3.12. The first-order valence-corrected chi connectivity index (χ1v) is 8.90. The zero-order valence-corrected chi connectivity index (χ0v) is 13.0. The van der Waals surface area contributed by atoms with E-state index < -0.39 is 8.32 Å². The summed E-state index contributed by atoms with van der Waals surface area (Å²) in [4.78, 5) is 0. The number of halogens is 1. The third-order valence-electron chi connectivity index (χ3n) is 3.36. The highest BCUT2D eigenvalue weighted by Crippen LogP contribution is 2.33. The minimum Gasteiger partial charge on any atom is -0.411 e. The molecular formula is C14H23ClOSi. The van der Waals surface area contributed by atoms with Gasteiger partial charge in [0.2, 0.25) is 8.32 Å². The highest BCUT2D eigenvalue weighted by molar-refractivity contribution is 6.88. The maximum Gasteiger partial charge on any atom is 0.229 e. The van der Waals surface area contributed by atoms with Crippen molar-refractivity contribution in [3.8, 4) is 0 Å². The minimum atomic E-state index is -1.93. The lowest BCUT2D eigenvalue weighted by Crippen LogP contribution is -2.56. The van der Waals surface area contributed by atoms with Crippen LogP contribution in [0.25, 0.3) is 0 Å². The summed E-state index contributed by atoms with van der Waals surface area (Å²) in [7, 11) is -1.93. The van der Waals surface area contributed by atoms with Crippen LogP contribution in [0.1, 0.15) is 27.7 Å². The third-order valence-corrected chi connectivity index (χ3v) is 8.86. The molecule has 0 radical (unpaired) electrons. The molecule has 0 atom stereocenters. The van der Waals surface area contributed by atoms with E-state index in [1.807, 2.05) is 0 Å². The molecule has 0 amide bonds. The fraction of sp³-hybridized carbons (Fsp3) is 0.571. The van der Waals surface area contributed by atoms with E-state index in [1.165, 1.54) is 5.19 Å². The molecule has 1 aromatic rings. The van der Waals surface area contributed by atoms with Crippen molar-refractivity contribution in [2.24, 2.45) is 0 Å². The number of hydrogen-bond acceptors (Lipinski definition) is 1. The van der Waals surface area contributed by atoms with Crippen LogP contribution < -0.4 is 5.19 Å². The Morgan fingerprint density at radius 3 is 2.00 bits per heavy atom. The summed E-state index contributed by atoms with van der Waals surface area (Å²) in [5.74, 6) is 0.570. The Kier molecular flexibility index (Phi) is 5.70. The predicted molar refractivity (Wildman–Crippen MR) is 78.7 cm³/mol. The van der Waals surface area contributed by atoms with Gasteiger partial charge in [-0.15, -0.1) is 11.6 Å². The molecule has 0 aliphatic rings. The van der Waals surface area contributed by atoms with Crippen molar-refractivity contribution >= 4 is 25.1 Å². The quantitative estimate of drug-likeness (QED) is 0.562. The number of rotatable bonds is 6. The van der Waals surface area contributed by atoms with Crippen LogP contribution in [-0.4, -0.2) is 20.8 Å². The lowest BCUT2D eigenvalue weighted by Gasteiger charge is -2.39. The molecule has 3 heteroatoms. The second-order valence-corrected chi connectivity index (χ2v) is 10.1. The Hall–Kier alpha value is -0.313. The van der Waals surface area contributed by atoms with Gasteiger partial charge in [-0.25, -0.2) is 0 Å². The topological polar surface area (TPSA) is 9.23 Å². The molecule has 0 aliphatic heterocycles. The summed E-state index contributed by atoms with van der Waals surface area (Å²) >= 11 is 5.80. The Morgan fingerprint density at radius 2 is 1.59 bits per heavy atom. The van der Waals surface area contributed by atoms with Gasteiger partial charge in [0, 0.05) is 12.5 Å². The number of hydrogen-bond donors (Lipinski definition) is 0. The molecule has 0 saturated carbocycles.